The monoisotopic (exact) mass is 378 g/mol. The fourth-order valence-electron chi connectivity index (χ4n) is 4.44. The fourth-order valence-corrected chi connectivity index (χ4v) is 5.83. The summed E-state index contributed by atoms with van der Waals surface area (Å²) in [6.45, 7) is 18.3. The summed E-state index contributed by atoms with van der Waals surface area (Å²) >= 11 is 0. The lowest BCUT2D eigenvalue weighted by Gasteiger charge is -2.48. The Balaban J connectivity index is 2.21. The quantitative estimate of drug-likeness (QED) is 0.333. The van der Waals surface area contributed by atoms with Gasteiger partial charge in [0.2, 0.25) is 0 Å². The molecule has 0 bridgehead atoms. The van der Waals surface area contributed by atoms with Crippen molar-refractivity contribution in [2.75, 3.05) is 6.61 Å². The Morgan fingerprint density at radius 2 is 2.04 bits per heavy atom. The van der Waals surface area contributed by atoms with Gasteiger partial charge in [-0.1, -0.05) is 40.2 Å². The highest BCUT2D eigenvalue weighted by Gasteiger charge is 2.50. The predicted molar refractivity (Wildman–Crippen MR) is 111 cm³/mol. The van der Waals surface area contributed by atoms with Crippen molar-refractivity contribution >= 4 is 14.3 Å². The molecule has 1 saturated carbocycles. The van der Waals surface area contributed by atoms with Gasteiger partial charge in [0.25, 0.3) is 0 Å². The number of esters is 1. The van der Waals surface area contributed by atoms with Crippen LogP contribution in [-0.2, 0) is 14.0 Å². The molecule has 3 atom stereocenters. The second-order valence-corrected chi connectivity index (χ2v) is 14.5. The van der Waals surface area contributed by atoms with Gasteiger partial charge in [-0.3, -0.25) is 0 Å². The summed E-state index contributed by atoms with van der Waals surface area (Å²) < 4.78 is 12.0. The van der Waals surface area contributed by atoms with Gasteiger partial charge in [0, 0.05) is 12.2 Å². The smallest absolute Gasteiger partial charge is 0.331 e. The Kier molecular flexibility index (Phi) is 6.29. The van der Waals surface area contributed by atoms with E-state index in [1.807, 2.05) is 6.92 Å². The predicted octanol–water partition coefficient (Wildman–Crippen LogP) is 6.02. The molecule has 0 aromatic carbocycles. The topological polar surface area (TPSA) is 35.5 Å². The minimum Gasteiger partial charge on any atom is -0.463 e. The van der Waals surface area contributed by atoms with Crippen LogP contribution in [0.2, 0.25) is 18.1 Å². The van der Waals surface area contributed by atoms with E-state index in [-0.39, 0.29) is 16.4 Å². The SMILES string of the molecule is CCOC(=O)/C=C(\C)C1=CC[C@H]2C(O[Si](C)(C)C(C)(C)C)CCC[C@]12C. The maximum Gasteiger partial charge on any atom is 0.331 e. The number of ether oxygens (including phenoxy) is 1. The molecular weight excluding hydrogens is 340 g/mol. The summed E-state index contributed by atoms with van der Waals surface area (Å²) in [4.78, 5) is 11.9. The van der Waals surface area contributed by atoms with E-state index in [0.717, 1.165) is 18.4 Å². The lowest BCUT2D eigenvalue weighted by atomic mass is 9.64. The summed E-state index contributed by atoms with van der Waals surface area (Å²) in [5.74, 6) is 0.286. The van der Waals surface area contributed by atoms with Crippen LogP contribution in [-0.4, -0.2) is 27.0 Å². The van der Waals surface area contributed by atoms with E-state index in [1.165, 1.54) is 18.4 Å². The average Bonchev–Trinajstić information content (AvgIpc) is 2.84. The molecule has 0 spiro atoms. The second-order valence-electron chi connectivity index (χ2n) is 9.77. The highest BCUT2D eigenvalue weighted by molar-refractivity contribution is 6.74. The molecule has 148 valence electrons. The van der Waals surface area contributed by atoms with Gasteiger partial charge in [0.15, 0.2) is 8.32 Å². The molecule has 1 unspecified atom stereocenters. The molecule has 0 heterocycles. The lowest BCUT2D eigenvalue weighted by Crippen LogP contribution is -2.49. The molecule has 0 aliphatic heterocycles. The van der Waals surface area contributed by atoms with E-state index >= 15 is 0 Å². The van der Waals surface area contributed by atoms with Crippen molar-refractivity contribution < 1.29 is 14.0 Å². The number of rotatable bonds is 5. The third-order valence-corrected chi connectivity index (χ3v) is 11.4. The standard InChI is InChI=1S/C22H38O3Si/c1-9-24-20(23)15-16(2)17-12-13-18-19(11-10-14-22(17,18)6)25-26(7,8)21(3,4)5/h12,15,18-19H,9-11,13-14H2,1-8H3/b16-15+/t18-,19?,22+/m0/s1. The molecule has 0 saturated heterocycles. The van der Waals surface area contributed by atoms with Gasteiger partial charge in [0.05, 0.1) is 6.61 Å². The first-order chi connectivity index (χ1) is 11.9. The van der Waals surface area contributed by atoms with E-state index in [1.54, 1.807) is 6.08 Å². The van der Waals surface area contributed by atoms with Gasteiger partial charge in [-0.2, -0.15) is 0 Å². The van der Waals surface area contributed by atoms with Crippen molar-refractivity contribution in [3.05, 3.63) is 23.3 Å². The molecule has 2 aliphatic carbocycles. The molecule has 0 N–H and O–H groups in total. The number of carbonyl (C=O) groups excluding carboxylic acids is 1. The van der Waals surface area contributed by atoms with Crippen LogP contribution < -0.4 is 0 Å². The molecule has 3 nitrogen and oxygen atoms in total. The first-order valence-electron chi connectivity index (χ1n) is 10.2. The van der Waals surface area contributed by atoms with Crippen LogP contribution in [0, 0.1) is 11.3 Å². The van der Waals surface area contributed by atoms with Crippen LogP contribution in [0.1, 0.15) is 67.2 Å². The van der Waals surface area contributed by atoms with Gasteiger partial charge >= 0.3 is 5.97 Å². The molecule has 26 heavy (non-hydrogen) atoms. The average molecular weight is 379 g/mol. The van der Waals surface area contributed by atoms with E-state index < -0.39 is 8.32 Å². The number of carbonyl (C=O) groups is 1. The van der Waals surface area contributed by atoms with Crippen LogP contribution in [0.5, 0.6) is 0 Å². The van der Waals surface area contributed by atoms with Crippen LogP contribution in [0.4, 0.5) is 0 Å². The molecule has 0 aromatic heterocycles. The Morgan fingerprint density at radius 3 is 2.62 bits per heavy atom. The van der Waals surface area contributed by atoms with Crippen molar-refractivity contribution in [2.45, 2.75) is 91.5 Å². The van der Waals surface area contributed by atoms with E-state index in [4.69, 9.17) is 9.16 Å². The zero-order chi connectivity index (χ0) is 19.8. The summed E-state index contributed by atoms with van der Waals surface area (Å²) in [6, 6.07) is 0. The maximum atomic E-state index is 11.9. The highest BCUT2D eigenvalue weighted by Crippen LogP contribution is 2.56. The van der Waals surface area contributed by atoms with Crippen molar-refractivity contribution in [2.24, 2.45) is 11.3 Å². The van der Waals surface area contributed by atoms with Crippen LogP contribution >= 0.6 is 0 Å². The van der Waals surface area contributed by atoms with Gasteiger partial charge in [-0.15, -0.1) is 0 Å². The van der Waals surface area contributed by atoms with E-state index in [9.17, 15) is 4.79 Å². The summed E-state index contributed by atoms with van der Waals surface area (Å²) in [5, 5.41) is 0.232. The first-order valence-corrected chi connectivity index (χ1v) is 13.1. The molecule has 4 heteroatoms. The maximum absolute atomic E-state index is 11.9. The minimum absolute atomic E-state index is 0.109. The number of fused-ring (bicyclic) bond motifs is 1. The summed E-state index contributed by atoms with van der Waals surface area (Å²) in [6.07, 6.45) is 8.93. The van der Waals surface area contributed by atoms with Crippen molar-refractivity contribution in [1.29, 1.82) is 0 Å². The van der Waals surface area contributed by atoms with E-state index in [2.05, 4.69) is 53.8 Å². The van der Waals surface area contributed by atoms with Gasteiger partial charge in [0.1, 0.15) is 0 Å². The summed E-state index contributed by atoms with van der Waals surface area (Å²) in [5.41, 5.74) is 2.50. The fraction of sp³-hybridized carbons (Fsp3) is 0.773. The Morgan fingerprint density at radius 1 is 1.38 bits per heavy atom. The van der Waals surface area contributed by atoms with Crippen molar-refractivity contribution in [3.63, 3.8) is 0 Å². The zero-order valence-corrected chi connectivity index (χ0v) is 19.1. The second kappa shape index (κ2) is 7.63. The lowest BCUT2D eigenvalue weighted by molar-refractivity contribution is -0.137. The molecule has 0 aromatic rings. The third-order valence-electron chi connectivity index (χ3n) is 6.94. The molecule has 2 aliphatic rings. The number of hydrogen-bond acceptors (Lipinski definition) is 3. The molecule has 0 radical (unpaired) electrons. The van der Waals surface area contributed by atoms with Gasteiger partial charge < -0.3 is 9.16 Å². The Bertz CT molecular complexity index is 597. The van der Waals surface area contributed by atoms with Crippen LogP contribution in [0.15, 0.2) is 23.3 Å². The number of hydrogen-bond donors (Lipinski definition) is 0. The largest absolute Gasteiger partial charge is 0.463 e. The van der Waals surface area contributed by atoms with Crippen molar-refractivity contribution in [3.8, 4) is 0 Å². The molecule has 0 amide bonds. The molecule has 1 fully saturated rings. The number of allylic oxidation sites excluding steroid dienone is 3. The zero-order valence-electron chi connectivity index (χ0n) is 18.1. The summed E-state index contributed by atoms with van der Waals surface area (Å²) in [7, 11) is -1.78. The highest BCUT2D eigenvalue weighted by atomic mass is 28.4. The van der Waals surface area contributed by atoms with Gasteiger partial charge in [-0.05, 0) is 73.7 Å². The Labute approximate surface area is 161 Å². The van der Waals surface area contributed by atoms with Crippen molar-refractivity contribution in [1.82, 2.24) is 0 Å². The van der Waals surface area contributed by atoms with Gasteiger partial charge in [-0.25, -0.2) is 4.79 Å². The first kappa shape index (κ1) is 21.4. The van der Waals surface area contributed by atoms with E-state index in [0.29, 0.717) is 18.6 Å². The molecular formula is C22H38O3Si. The van der Waals surface area contributed by atoms with Crippen LogP contribution in [0.25, 0.3) is 0 Å². The third kappa shape index (κ3) is 4.17. The Hall–Kier alpha value is -0.873. The normalized spacial score (nSPS) is 30.0. The van der Waals surface area contributed by atoms with Crippen LogP contribution in [0.3, 0.4) is 0 Å². The molecule has 2 rings (SSSR count). The minimum atomic E-state index is -1.78.